The average Bonchev–Trinajstić information content (AvgIpc) is 3.19. The maximum absolute atomic E-state index is 12.6. The molecule has 1 atom stereocenters. The third-order valence-electron chi connectivity index (χ3n) is 4.09. The number of ether oxygens (including phenoxy) is 3. The fourth-order valence-electron chi connectivity index (χ4n) is 2.84. The number of rotatable bonds is 5. The summed E-state index contributed by atoms with van der Waals surface area (Å²) >= 11 is 5.29. The number of hydrogen-bond acceptors (Lipinski definition) is 5. The van der Waals surface area contributed by atoms with Gasteiger partial charge in [0, 0.05) is 6.61 Å². The monoisotopic (exact) mass is 348 g/mol. The van der Waals surface area contributed by atoms with Crippen LogP contribution >= 0.6 is 12.2 Å². The van der Waals surface area contributed by atoms with Gasteiger partial charge in [0.25, 0.3) is 5.91 Å². The van der Waals surface area contributed by atoms with E-state index in [9.17, 15) is 4.79 Å². The molecule has 7 heteroatoms. The number of thiocarbonyl (C=S) groups is 1. The van der Waals surface area contributed by atoms with Gasteiger partial charge in [-0.05, 0) is 48.8 Å². The van der Waals surface area contributed by atoms with Gasteiger partial charge in [-0.25, -0.2) is 0 Å². The maximum atomic E-state index is 12.6. The van der Waals surface area contributed by atoms with Crippen molar-refractivity contribution in [2.45, 2.75) is 18.9 Å². The quantitative estimate of drug-likeness (QED) is 0.648. The fraction of sp³-hybridized carbons (Fsp3) is 0.412. The molecule has 0 aliphatic carbocycles. The van der Waals surface area contributed by atoms with Gasteiger partial charge in [0.1, 0.15) is 5.70 Å². The highest BCUT2D eigenvalue weighted by molar-refractivity contribution is 7.80. The molecule has 24 heavy (non-hydrogen) atoms. The number of methoxy groups -OCH3 is 2. The molecule has 0 bridgehead atoms. The summed E-state index contributed by atoms with van der Waals surface area (Å²) < 4.78 is 16.1. The van der Waals surface area contributed by atoms with E-state index in [2.05, 4.69) is 5.32 Å². The van der Waals surface area contributed by atoms with Crippen molar-refractivity contribution in [3.63, 3.8) is 0 Å². The van der Waals surface area contributed by atoms with Crippen LogP contribution < -0.4 is 14.8 Å². The van der Waals surface area contributed by atoms with Crippen LogP contribution in [0.1, 0.15) is 18.4 Å². The van der Waals surface area contributed by atoms with Crippen molar-refractivity contribution in [1.29, 1.82) is 0 Å². The largest absolute Gasteiger partial charge is 0.493 e. The van der Waals surface area contributed by atoms with E-state index in [1.807, 2.05) is 12.1 Å². The molecule has 0 aromatic heterocycles. The van der Waals surface area contributed by atoms with Crippen molar-refractivity contribution in [3.8, 4) is 11.5 Å². The normalized spacial score (nSPS) is 22.2. The lowest BCUT2D eigenvalue weighted by Crippen LogP contribution is -2.37. The van der Waals surface area contributed by atoms with Crippen LogP contribution in [0.15, 0.2) is 23.9 Å². The Morgan fingerprint density at radius 1 is 1.38 bits per heavy atom. The minimum absolute atomic E-state index is 0.0640. The highest BCUT2D eigenvalue weighted by Gasteiger charge is 2.33. The van der Waals surface area contributed by atoms with Crippen molar-refractivity contribution >= 4 is 29.3 Å². The Morgan fingerprint density at radius 2 is 2.17 bits per heavy atom. The highest BCUT2D eigenvalue weighted by atomic mass is 32.1. The van der Waals surface area contributed by atoms with Crippen LogP contribution in [0.3, 0.4) is 0 Å². The molecule has 3 rings (SSSR count). The Labute approximate surface area is 146 Å². The number of amides is 1. The molecule has 1 aromatic carbocycles. The predicted molar refractivity (Wildman–Crippen MR) is 93.9 cm³/mol. The lowest BCUT2D eigenvalue weighted by atomic mass is 10.1. The van der Waals surface area contributed by atoms with Gasteiger partial charge in [-0.3, -0.25) is 9.69 Å². The van der Waals surface area contributed by atoms with E-state index in [4.69, 9.17) is 26.4 Å². The second-order valence-electron chi connectivity index (χ2n) is 5.65. The molecule has 0 saturated carbocycles. The second kappa shape index (κ2) is 7.19. The molecule has 1 amide bonds. The topological polar surface area (TPSA) is 60.0 Å². The first-order valence-corrected chi connectivity index (χ1v) is 8.21. The van der Waals surface area contributed by atoms with Crippen molar-refractivity contribution in [2.75, 3.05) is 27.4 Å². The first-order chi connectivity index (χ1) is 11.6. The van der Waals surface area contributed by atoms with E-state index >= 15 is 0 Å². The second-order valence-corrected chi connectivity index (χ2v) is 6.04. The molecular weight excluding hydrogens is 328 g/mol. The van der Waals surface area contributed by atoms with Crippen LogP contribution in [0.25, 0.3) is 6.08 Å². The molecule has 1 N–H and O–H groups in total. The average molecular weight is 348 g/mol. The van der Waals surface area contributed by atoms with Crippen LogP contribution in [0, 0.1) is 0 Å². The fourth-order valence-corrected chi connectivity index (χ4v) is 3.11. The van der Waals surface area contributed by atoms with Crippen molar-refractivity contribution in [2.24, 2.45) is 0 Å². The lowest BCUT2D eigenvalue weighted by Gasteiger charge is -2.18. The maximum Gasteiger partial charge on any atom is 0.276 e. The molecule has 128 valence electrons. The third kappa shape index (κ3) is 3.37. The SMILES string of the molecule is COc1ccc(C=C2NC(=S)N(CC3CCCO3)C2=O)cc1OC. The molecule has 2 aliphatic heterocycles. The smallest absolute Gasteiger partial charge is 0.276 e. The first kappa shape index (κ1) is 16.7. The third-order valence-corrected chi connectivity index (χ3v) is 4.41. The van der Waals surface area contributed by atoms with E-state index in [0.29, 0.717) is 28.9 Å². The Morgan fingerprint density at radius 3 is 2.83 bits per heavy atom. The lowest BCUT2D eigenvalue weighted by molar-refractivity contribution is -0.123. The Kier molecular flexibility index (Phi) is 5.01. The molecule has 0 radical (unpaired) electrons. The van der Waals surface area contributed by atoms with E-state index in [1.54, 1.807) is 31.3 Å². The zero-order valence-corrected chi connectivity index (χ0v) is 14.5. The summed E-state index contributed by atoms with van der Waals surface area (Å²) in [6.07, 6.45) is 3.81. The number of nitrogens with one attached hydrogen (secondary N) is 1. The molecule has 2 heterocycles. The predicted octanol–water partition coefficient (Wildman–Crippen LogP) is 1.94. The van der Waals surface area contributed by atoms with E-state index in [0.717, 1.165) is 25.0 Å². The van der Waals surface area contributed by atoms with Crippen molar-refractivity contribution in [3.05, 3.63) is 29.5 Å². The van der Waals surface area contributed by atoms with Crippen LogP contribution in [0.2, 0.25) is 0 Å². The number of nitrogens with zero attached hydrogens (tertiary/aromatic N) is 1. The van der Waals surface area contributed by atoms with E-state index < -0.39 is 0 Å². The molecule has 2 saturated heterocycles. The van der Waals surface area contributed by atoms with Crippen LogP contribution in [-0.2, 0) is 9.53 Å². The number of carbonyl (C=O) groups excluding carboxylic acids is 1. The minimum Gasteiger partial charge on any atom is -0.493 e. The summed E-state index contributed by atoms with van der Waals surface area (Å²) in [7, 11) is 3.16. The van der Waals surface area contributed by atoms with Gasteiger partial charge >= 0.3 is 0 Å². The first-order valence-electron chi connectivity index (χ1n) is 7.80. The van der Waals surface area contributed by atoms with Crippen LogP contribution in [0.5, 0.6) is 11.5 Å². The molecule has 0 spiro atoms. The van der Waals surface area contributed by atoms with Gasteiger partial charge in [0.05, 0.1) is 26.9 Å². The summed E-state index contributed by atoms with van der Waals surface area (Å²) in [5.41, 5.74) is 1.27. The summed E-state index contributed by atoms with van der Waals surface area (Å²) in [6.45, 7) is 1.25. The van der Waals surface area contributed by atoms with E-state index in [1.165, 1.54) is 0 Å². The van der Waals surface area contributed by atoms with Gasteiger partial charge < -0.3 is 19.5 Å². The summed E-state index contributed by atoms with van der Waals surface area (Å²) in [6, 6.07) is 5.47. The molecule has 1 unspecified atom stereocenters. The zero-order chi connectivity index (χ0) is 17.1. The van der Waals surface area contributed by atoms with Gasteiger partial charge in [0.2, 0.25) is 0 Å². The number of benzene rings is 1. The number of hydrogen-bond donors (Lipinski definition) is 1. The number of carbonyl (C=O) groups is 1. The minimum atomic E-state index is -0.134. The summed E-state index contributed by atoms with van der Waals surface area (Å²) in [5.74, 6) is 1.11. The Balaban J connectivity index is 1.78. The van der Waals surface area contributed by atoms with Crippen LogP contribution in [0.4, 0.5) is 0 Å². The van der Waals surface area contributed by atoms with Crippen molar-refractivity contribution < 1.29 is 19.0 Å². The molecule has 6 nitrogen and oxygen atoms in total. The summed E-state index contributed by atoms with van der Waals surface area (Å²) in [4.78, 5) is 14.1. The van der Waals surface area contributed by atoms with Gasteiger partial charge in [-0.2, -0.15) is 0 Å². The Bertz CT molecular complexity index is 683. The molecular formula is C17H20N2O4S. The van der Waals surface area contributed by atoms with Crippen LogP contribution in [-0.4, -0.2) is 49.4 Å². The molecule has 1 aromatic rings. The molecule has 2 aliphatic rings. The van der Waals surface area contributed by atoms with Crippen molar-refractivity contribution in [1.82, 2.24) is 10.2 Å². The zero-order valence-electron chi connectivity index (χ0n) is 13.7. The standard InChI is InChI=1S/C17H20N2O4S/c1-21-14-6-5-11(9-15(14)22-2)8-13-16(20)19(17(24)18-13)10-12-4-3-7-23-12/h5-6,8-9,12H,3-4,7,10H2,1-2H3,(H,18,24). The van der Waals surface area contributed by atoms with Gasteiger partial charge in [-0.15, -0.1) is 0 Å². The highest BCUT2D eigenvalue weighted by Crippen LogP contribution is 2.29. The van der Waals surface area contributed by atoms with Gasteiger partial charge in [0.15, 0.2) is 16.6 Å². The Hall–Kier alpha value is -2.12. The summed E-state index contributed by atoms with van der Waals surface area (Å²) in [5, 5.41) is 3.40. The van der Waals surface area contributed by atoms with Gasteiger partial charge in [-0.1, -0.05) is 6.07 Å². The van der Waals surface area contributed by atoms with E-state index in [-0.39, 0.29) is 12.0 Å². The molecule has 2 fully saturated rings.